The molecule has 2 aromatic carbocycles. The molecular formula is C44H66F4O. The van der Waals surface area contributed by atoms with E-state index < -0.39 is 35.5 Å². The predicted octanol–water partition coefficient (Wildman–Crippen LogP) is 14.9. The molecule has 0 aliphatic heterocycles. The minimum Gasteiger partial charge on any atom is -0.366 e. The number of hydrogen-bond acceptors (Lipinski definition) is 1. The molecule has 49 heavy (non-hydrogen) atoms. The Kier molecular flexibility index (Phi) is 18.0. The largest absolute Gasteiger partial charge is 0.366 e. The van der Waals surface area contributed by atoms with Gasteiger partial charge in [0.25, 0.3) is 0 Å². The highest BCUT2D eigenvalue weighted by atomic mass is 19.2. The molecule has 2 aliphatic carbocycles. The third kappa shape index (κ3) is 14.0. The molecule has 5 heteroatoms. The van der Waals surface area contributed by atoms with E-state index in [4.69, 9.17) is 4.74 Å². The Morgan fingerprint density at radius 1 is 0.469 bits per heavy atom. The monoisotopic (exact) mass is 687 g/mol. The number of ether oxygens (including phenoxy) is 1. The van der Waals surface area contributed by atoms with Crippen LogP contribution in [0.2, 0.25) is 0 Å². The van der Waals surface area contributed by atoms with Crippen molar-refractivity contribution in [1.29, 1.82) is 0 Å². The molecule has 0 radical (unpaired) electrons. The zero-order valence-electron chi connectivity index (χ0n) is 30.8. The molecule has 2 aromatic rings. The first kappa shape index (κ1) is 39.9. The summed E-state index contributed by atoms with van der Waals surface area (Å²) in [7, 11) is 0. The quantitative estimate of drug-likeness (QED) is 0.0885. The molecule has 0 saturated heterocycles. The molecule has 0 amide bonds. The van der Waals surface area contributed by atoms with Crippen molar-refractivity contribution in [2.75, 3.05) is 0 Å². The molecule has 1 nitrogen and oxygen atoms in total. The molecule has 2 fully saturated rings. The van der Waals surface area contributed by atoms with Crippen LogP contribution < -0.4 is 0 Å². The third-order valence-corrected chi connectivity index (χ3v) is 11.9. The number of rotatable bonds is 22. The van der Waals surface area contributed by atoms with Gasteiger partial charge in [0.05, 0.1) is 12.2 Å². The molecule has 2 saturated carbocycles. The van der Waals surface area contributed by atoms with Gasteiger partial charge in [0, 0.05) is 0 Å². The number of benzene rings is 2. The topological polar surface area (TPSA) is 9.23 Å². The maximum atomic E-state index is 14.4. The highest BCUT2D eigenvalue weighted by molar-refractivity contribution is 5.23. The lowest BCUT2D eigenvalue weighted by atomic mass is 9.78. The Morgan fingerprint density at radius 2 is 0.816 bits per heavy atom. The first-order chi connectivity index (χ1) is 23.9. The van der Waals surface area contributed by atoms with Crippen molar-refractivity contribution in [2.45, 2.75) is 180 Å². The van der Waals surface area contributed by atoms with Gasteiger partial charge in [-0.2, -0.15) is 0 Å². The van der Waals surface area contributed by atoms with E-state index in [1.165, 1.54) is 127 Å². The van der Waals surface area contributed by atoms with Crippen LogP contribution in [-0.2, 0) is 4.74 Å². The fraction of sp³-hybridized carbons (Fsp3) is 0.727. The van der Waals surface area contributed by atoms with Crippen molar-refractivity contribution >= 4 is 0 Å². The molecular weight excluding hydrogens is 620 g/mol. The van der Waals surface area contributed by atoms with Crippen molar-refractivity contribution in [3.05, 3.63) is 70.8 Å². The highest BCUT2D eigenvalue weighted by Crippen LogP contribution is 2.38. The number of halogens is 4. The second kappa shape index (κ2) is 22.1. The summed E-state index contributed by atoms with van der Waals surface area (Å²) >= 11 is 0. The van der Waals surface area contributed by atoms with E-state index in [-0.39, 0.29) is 0 Å². The van der Waals surface area contributed by atoms with Gasteiger partial charge in [-0.25, -0.2) is 17.6 Å². The predicted molar refractivity (Wildman–Crippen MR) is 195 cm³/mol. The summed E-state index contributed by atoms with van der Waals surface area (Å²) in [6.07, 6.45) is 28.2. The standard InChI is InChI=1S/C44H66F4O/c1-3-13-33-19-23-35(24-20-33)15-9-5-7-11-17-43(37-27-29-39(45)41(47)31-37)49-44(38-28-30-40(46)42(48)32-38)18-12-8-6-10-16-36-25-21-34(14-4-2)22-26-36/h27-36,43-44H,3-26H2,1-2H3. The average Bonchev–Trinajstić information content (AvgIpc) is 3.10. The summed E-state index contributed by atoms with van der Waals surface area (Å²) in [5.74, 6) is 0.0904. The van der Waals surface area contributed by atoms with E-state index in [1.54, 1.807) is 12.1 Å². The normalized spacial score (nSPS) is 22.7. The van der Waals surface area contributed by atoms with Gasteiger partial charge < -0.3 is 4.74 Å². The van der Waals surface area contributed by atoms with Crippen molar-refractivity contribution in [3.8, 4) is 0 Å². The first-order valence-corrected chi connectivity index (χ1v) is 20.4. The Morgan fingerprint density at radius 3 is 1.16 bits per heavy atom. The van der Waals surface area contributed by atoms with Crippen LogP contribution in [0, 0.1) is 46.9 Å². The van der Waals surface area contributed by atoms with Crippen LogP contribution in [0.3, 0.4) is 0 Å². The van der Waals surface area contributed by atoms with Crippen molar-refractivity contribution < 1.29 is 22.3 Å². The lowest BCUT2D eigenvalue weighted by molar-refractivity contribution is -0.0267. The lowest BCUT2D eigenvalue weighted by Gasteiger charge is -2.28. The van der Waals surface area contributed by atoms with Crippen molar-refractivity contribution in [1.82, 2.24) is 0 Å². The second-order valence-corrected chi connectivity index (χ2v) is 15.8. The van der Waals surface area contributed by atoms with E-state index in [0.717, 1.165) is 62.2 Å². The van der Waals surface area contributed by atoms with Crippen LogP contribution in [-0.4, -0.2) is 0 Å². The van der Waals surface area contributed by atoms with E-state index >= 15 is 0 Å². The Hall–Kier alpha value is -1.88. The van der Waals surface area contributed by atoms with Crippen LogP contribution in [0.15, 0.2) is 36.4 Å². The lowest BCUT2D eigenvalue weighted by Crippen LogP contribution is -2.14. The summed E-state index contributed by atoms with van der Waals surface area (Å²) in [6, 6.07) is 8.03. The summed E-state index contributed by atoms with van der Waals surface area (Å²) in [5.41, 5.74) is 1.20. The molecule has 2 aliphatic rings. The number of unbranched alkanes of at least 4 members (excludes halogenated alkanes) is 6. The summed E-state index contributed by atoms with van der Waals surface area (Å²) in [6.45, 7) is 4.58. The maximum absolute atomic E-state index is 14.4. The molecule has 0 spiro atoms. The van der Waals surface area contributed by atoms with Gasteiger partial charge in [-0.3, -0.25) is 0 Å². The molecule has 0 heterocycles. The minimum atomic E-state index is -0.886. The first-order valence-electron chi connectivity index (χ1n) is 20.4. The molecule has 2 unspecified atom stereocenters. The molecule has 276 valence electrons. The van der Waals surface area contributed by atoms with Gasteiger partial charge in [-0.1, -0.05) is 167 Å². The van der Waals surface area contributed by atoms with Gasteiger partial charge in [0.15, 0.2) is 23.3 Å². The van der Waals surface area contributed by atoms with Crippen LogP contribution in [0.1, 0.15) is 191 Å². The minimum absolute atomic E-state index is 0.454. The maximum Gasteiger partial charge on any atom is 0.159 e. The van der Waals surface area contributed by atoms with Gasteiger partial charge in [-0.05, 0) is 71.9 Å². The van der Waals surface area contributed by atoms with E-state index in [1.807, 2.05) is 0 Å². The molecule has 4 rings (SSSR count). The van der Waals surface area contributed by atoms with Crippen LogP contribution in [0.4, 0.5) is 17.6 Å². The van der Waals surface area contributed by atoms with Gasteiger partial charge in [-0.15, -0.1) is 0 Å². The molecule has 0 bridgehead atoms. The Bertz CT molecular complexity index is 1090. The molecule has 0 N–H and O–H groups in total. The Balaban J connectivity index is 1.28. The van der Waals surface area contributed by atoms with Gasteiger partial charge >= 0.3 is 0 Å². The number of hydrogen-bond donors (Lipinski definition) is 0. The van der Waals surface area contributed by atoms with Gasteiger partial charge in [0.1, 0.15) is 0 Å². The smallest absolute Gasteiger partial charge is 0.159 e. The summed E-state index contributed by atoms with van der Waals surface area (Å²) < 4.78 is 63.4. The zero-order chi connectivity index (χ0) is 34.8. The fourth-order valence-corrected chi connectivity index (χ4v) is 8.92. The van der Waals surface area contributed by atoms with E-state index in [2.05, 4.69) is 13.8 Å². The summed E-state index contributed by atoms with van der Waals surface area (Å²) in [4.78, 5) is 0. The van der Waals surface area contributed by atoms with Crippen molar-refractivity contribution in [2.24, 2.45) is 23.7 Å². The fourth-order valence-electron chi connectivity index (χ4n) is 8.92. The van der Waals surface area contributed by atoms with E-state index in [9.17, 15) is 17.6 Å². The van der Waals surface area contributed by atoms with E-state index in [0.29, 0.717) is 24.0 Å². The van der Waals surface area contributed by atoms with Crippen LogP contribution in [0.5, 0.6) is 0 Å². The Labute approximate surface area is 296 Å². The van der Waals surface area contributed by atoms with Crippen LogP contribution >= 0.6 is 0 Å². The zero-order valence-corrected chi connectivity index (χ0v) is 30.8. The molecule has 0 aromatic heterocycles. The van der Waals surface area contributed by atoms with Gasteiger partial charge in [0.2, 0.25) is 0 Å². The average molecular weight is 687 g/mol. The third-order valence-electron chi connectivity index (χ3n) is 11.9. The SMILES string of the molecule is CCCC1CCC(CCCCCCC(OC(CCCCCCC2CCC(CCC)CC2)c2ccc(F)c(F)c2)c2ccc(F)c(F)c2)CC1. The second-order valence-electron chi connectivity index (χ2n) is 15.8. The van der Waals surface area contributed by atoms with Crippen molar-refractivity contribution in [3.63, 3.8) is 0 Å². The molecule has 2 atom stereocenters. The van der Waals surface area contributed by atoms with Crippen LogP contribution in [0.25, 0.3) is 0 Å². The highest BCUT2D eigenvalue weighted by Gasteiger charge is 2.24. The summed E-state index contributed by atoms with van der Waals surface area (Å²) in [5, 5.41) is 0.